The molecule has 0 bridgehead atoms. The molecule has 4 heteroatoms. The van der Waals surface area contributed by atoms with Gasteiger partial charge < -0.3 is 5.73 Å². The fourth-order valence-corrected chi connectivity index (χ4v) is 1.13. The van der Waals surface area contributed by atoms with E-state index in [2.05, 4.69) is 17.5 Å². The molecule has 0 aromatic carbocycles. The number of urea groups is 1. The third-order valence-corrected chi connectivity index (χ3v) is 1.99. The van der Waals surface area contributed by atoms with Crippen molar-refractivity contribution in [2.75, 3.05) is 0 Å². The summed E-state index contributed by atoms with van der Waals surface area (Å²) in [4.78, 5) is 10.2. The maximum atomic E-state index is 10.2. The maximum absolute atomic E-state index is 10.2. The molecule has 3 N–H and O–H groups in total. The van der Waals surface area contributed by atoms with Crippen molar-refractivity contribution in [2.45, 2.75) is 20.3 Å². The number of nitrogens with zero attached hydrogens (tertiary/aromatic N) is 1. The van der Waals surface area contributed by atoms with Gasteiger partial charge in [0.05, 0.1) is 0 Å². The Bertz CT molecular complexity index is 200. The highest BCUT2D eigenvalue weighted by Crippen LogP contribution is 2.38. The van der Waals surface area contributed by atoms with Crippen LogP contribution in [0.25, 0.3) is 0 Å². The normalized spacial score (nSPS) is 29.8. The van der Waals surface area contributed by atoms with Crippen LogP contribution >= 0.6 is 0 Å². The zero-order chi connectivity index (χ0) is 8.43. The highest BCUT2D eigenvalue weighted by Gasteiger charge is 2.34. The third kappa shape index (κ3) is 2.22. The van der Waals surface area contributed by atoms with Gasteiger partial charge in [-0.15, -0.1) is 0 Å². The van der Waals surface area contributed by atoms with E-state index in [1.165, 1.54) is 6.42 Å². The van der Waals surface area contributed by atoms with Gasteiger partial charge in [-0.1, -0.05) is 6.92 Å². The summed E-state index contributed by atoms with van der Waals surface area (Å²) in [5.74, 6) is 1.27. The number of carbonyl (C=O) groups excluding carboxylic acids is 1. The average Bonchev–Trinajstić information content (AvgIpc) is 2.61. The molecule has 0 saturated heterocycles. The lowest BCUT2D eigenvalue weighted by Gasteiger charge is -1.96. The third-order valence-electron chi connectivity index (χ3n) is 1.99. The van der Waals surface area contributed by atoms with Crippen LogP contribution in [0.1, 0.15) is 20.3 Å². The molecule has 0 aromatic heterocycles. The van der Waals surface area contributed by atoms with E-state index in [-0.39, 0.29) is 0 Å². The van der Waals surface area contributed by atoms with Crippen molar-refractivity contribution >= 4 is 11.7 Å². The van der Waals surface area contributed by atoms with E-state index in [0.717, 1.165) is 5.71 Å². The van der Waals surface area contributed by atoms with E-state index in [1.54, 1.807) is 0 Å². The maximum Gasteiger partial charge on any atom is 0.332 e. The summed E-state index contributed by atoms with van der Waals surface area (Å²) in [5.41, 5.74) is 8.02. The SMILES string of the molecule is C/C(=N\NC(N)=O)C1CC1C. The first-order valence-corrected chi connectivity index (χ1v) is 3.71. The minimum Gasteiger partial charge on any atom is -0.350 e. The fraction of sp³-hybridized carbons (Fsp3) is 0.714. The van der Waals surface area contributed by atoms with Crippen molar-refractivity contribution in [3.05, 3.63) is 0 Å². The Morgan fingerprint density at radius 2 is 2.27 bits per heavy atom. The van der Waals surface area contributed by atoms with E-state index in [9.17, 15) is 4.79 Å². The zero-order valence-electron chi connectivity index (χ0n) is 6.79. The number of amides is 2. The lowest BCUT2D eigenvalue weighted by atomic mass is 10.2. The van der Waals surface area contributed by atoms with E-state index < -0.39 is 6.03 Å². The van der Waals surface area contributed by atoms with Crippen LogP contribution in [-0.2, 0) is 0 Å². The van der Waals surface area contributed by atoms with Crippen molar-refractivity contribution in [3.63, 3.8) is 0 Å². The number of hydrogen-bond donors (Lipinski definition) is 2. The van der Waals surface area contributed by atoms with Gasteiger partial charge >= 0.3 is 6.03 Å². The molecule has 0 radical (unpaired) electrons. The van der Waals surface area contributed by atoms with Crippen LogP contribution in [-0.4, -0.2) is 11.7 Å². The summed E-state index contributed by atoms with van der Waals surface area (Å²) in [6, 6.07) is -0.599. The Morgan fingerprint density at radius 1 is 1.73 bits per heavy atom. The lowest BCUT2D eigenvalue weighted by molar-refractivity contribution is 0.249. The number of hydrogen-bond acceptors (Lipinski definition) is 2. The molecule has 1 saturated carbocycles. The largest absolute Gasteiger partial charge is 0.350 e. The van der Waals surface area contributed by atoms with Gasteiger partial charge in [0.1, 0.15) is 0 Å². The first kappa shape index (κ1) is 8.04. The smallest absolute Gasteiger partial charge is 0.332 e. The van der Waals surface area contributed by atoms with Crippen LogP contribution in [0.4, 0.5) is 4.79 Å². The van der Waals surface area contributed by atoms with Gasteiger partial charge in [0.2, 0.25) is 0 Å². The molecule has 0 heterocycles. The minimum atomic E-state index is -0.599. The molecular formula is C7H13N3O. The number of primary amides is 1. The van der Waals surface area contributed by atoms with Gasteiger partial charge in [-0.05, 0) is 19.3 Å². The number of carbonyl (C=O) groups is 1. The Hall–Kier alpha value is -1.06. The Balaban J connectivity index is 2.34. The summed E-state index contributed by atoms with van der Waals surface area (Å²) in [5, 5.41) is 3.83. The van der Waals surface area contributed by atoms with E-state index in [4.69, 9.17) is 5.73 Å². The molecular weight excluding hydrogens is 142 g/mol. The average molecular weight is 155 g/mol. The summed E-state index contributed by atoms with van der Waals surface area (Å²) < 4.78 is 0. The Kier molecular flexibility index (Phi) is 2.12. The van der Waals surface area contributed by atoms with Gasteiger partial charge in [-0.2, -0.15) is 5.10 Å². The molecule has 2 amide bonds. The lowest BCUT2D eigenvalue weighted by Crippen LogP contribution is -2.25. The van der Waals surface area contributed by atoms with Crippen molar-refractivity contribution in [2.24, 2.45) is 22.7 Å². The van der Waals surface area contributed by atoms with Gasteiger partial charge in [-0.25, -0.2) is 10.2 Å². The summed E-state index contributed by atoms with van der Waals surface area (Å²) in [7, 11) is 0. The molecule has 11 heavy (non-hydrogen) atoms. The van der Waals surface area contributed by atoms with Crippen molar-refractivity contribution in [3.8, 4) is 0 Å². The molecule has 0 aromatic rings. The highest BCUT2D eigenvalue weighted by molar-refractivity contribution is 5.87. The number of hydrazone groups is 1. The molecule has 62 valence electrons. The van der Waals surface area contributed by atoms with Crippen molar-refractivity contribution in [1.29, 1.82) is 0 Å². The molecule has 0 spiro atoms. The second-order valence-corrected chi connectivity index (χ2v) is 3.05. The number of nitrogens with one attached hydrogen (secondary N) is 1. The highest BCUT2D eigenvalue weighted by atomic mass is 16.2. The predicted molar refractivity (Wildman–Crippen MR) is 43.1 cm³/mol. The summed E-state index contributed by atoms with van der Waals surface area (Å²) >= 11 is 0. The monoisotopic (exact) mass is 155 g/mol. The Labute approximate surface area is 65.8 Å². The molecule has 4 nitrogen and oxygen atoms in total. The summed E-state index contributed by atoms with van der Waals surface area (Å²) in [6.07, 6.45) is 1.18. The van der Waals surface area contributed by atoms with Gasteiger partial charge in [-0.3, -0.25) is 0 Å². The number of rotatable bonds is 2. The van der Waals surface area contributed by atoms with Crippen LogP contribution in [0.15, 0.2) is 5.10 Å². The molecule has 0 aliphatic heterocycles. The molecule has 1 aliphatic carbocycles. The minimum absolute atomic E-state index is 0.557. The van der Waals surface area contributed by atoms with Crippen LogP contribution in [0.3, 0.4) is 0 Å². The van der Waals surface area contributed by atoms with Crippen LogP contribution in [0.5, 0.6) is 0 Å². The quantitative estimate of drug-likeness (QED) is 0.447. The standard InChI is InChI=1S/C7H13N3O/c1-4-3-6(4)5(2)9-10-7(8)11/h4,6H,3H2,1-2H3,(H3,8,10,11)/b9-5+. The van der Waals surface area contributed by atoms with E-state index in [1.807, 2.05) is 6.92 Å². The molecule has 2 atom stereocenters. The predicted octanol–water partition coefficient (Wildman–Crippen LogP) is 0.687. The van der Waals surface area contributed by atoms with Gasteiger partial charge in [0.15, 0.2) is 0 Å². The Morgan fingerprint density at radius 3 is 2.64 bits per heavy atom. The molecule has 2 unspecified atom stereocenters. The number of nitrogens with two attached hydrogens (primary N) is 1. The van der Waals surface area contributed by atoms with Gasteiger partial charge in [0.25, 0.3) is 0 Å². The molecule has 1 fully saturated rings. The van der Waals surface area contributed by atoms with E-state index >= 15 is 0 Å². The zero-order valence-corrected chi connectivity index (χ0v) is 6.79. The van der Waals surface area contributed by atoms with Crippen molar-refractivity contribution < 1.29 is 4.79 Å². The van der Waals surface area contributed by atoms with Gasteiger partial charge in [0, 0.05) is 11.6 Å². The fourth-order valence-electron chi connectivity index (χ4n) is 1.13. The van der Waals surface area contributed by atoms with Crippen molar-refractivity contribution in [1.82, 2.24) is 5.43 Å². The molecule has 1 rings (SSSR count). The second-order valence-electron chi connectivity index (χ2n) is 3.05. The van der Waals surface area contributed by atoms with Crippen LogP contribution < -0.4 is 11.2 Å². The van der Waals surface area contributed by atoms with Crippen LogP contribution in [0, 0.1) is 11.8 Å². The molecule has 1 aliphatic rings. The topological polar surface area (TPSA) is 67.5 Å². The van der Waals surface area contributed by atoms with Crippen LogP contribution in [0.2, 0.25) is 0 Å². The first-order chi connectivity index (χ1) is 5.11. The van der Waals surface area contributed by atoms with E-state index in [0.29, 0.717) is 11.8 Å². The summed E-state index contributed by atoms with van der Waals surface area (Å²) in [6.45, 7) is 4.07. The second kappa shape index (κ2) is 2.90. The first-order valence-electron chi connectivity index (χ1n) is 3.71.